The molecule has 140 valence electrons. The molecule has 0 bridgehead atoms. The second-order valence-electron chi connectivity index (χ2n) is 5.77. The van der Waals surface area contributed by atoms with Gasteiger partial charge in [-0.15, -0.1) is 10.2 Å². The lowest BCUT2D eigenvalue weighted by Gasteiger charge is -2.17. The lowest BCUT2D eigenvalue weighted by molar-refractivity contribution is -0.120. The SMILES string of the molecule is CCOc1ccc(-c2nnc(S[C@@H](C(=O)NC(N)=O)C(C)C)n2N)cc1. The zero-order chi connectivity index (χ0) is 19.3. The predicted molar refractivity (Wildman–Crippen MR) is 99.0 cm³/mol. The Hall–Kier alpha value is -2.75. The Kier molecular flexibility index (Phi) is 6.45. The van der Waals surface area contributed by atoms with Crippen LogP contribution < -0.4 is 21.6 Å². The highest BCUT2D eigenvalue weighted by atomic mass is 32.2. The maximum atomic E-state index is 12.1. The average molecular weight is 378 g/mol. The number of nitrogen functional groups attached to an aromatic ring is 1. The van der Waals surface area contributed by atoms with Crippen LogP contribution in [-0.2, 0) is 4.79 Å². The summed E-state index contributed by atoms with van der Waals surface area (Å²) in [4.78, 5) is 23.1. The zero-order valence-corrected chi connectivity index (χ0v) is 15.6. The fourth-order valence-corrected chi connectivity index (χ4v) is 3.17. The first-order chi connectivity index (χ1) is 12.3. The number of rotatable bonds is 7. The van der Waals surface area contributed by atoms with Crippen molar-refractivity contribution in [3.8, 4) is 17.1 Å². The summed E-state index contributed by atoms with van der Waals surface area (Å²) in [6, 6.07) is 6.39. The largest absolute Gasteiger partial charge is 0.494 e. The molecule has 1 heterocycles. The number of benzene rings is 1. The van der Waals surface area contributed by atoms with Crippen molar-refractivity contribution in [3.63, 3.8) is 0 Å². The lowest BCUT2D eigenvalue weighted by Crippen LogP contribution is -2.42. The van der Waals surface area contributed by atoms with Crippen molar-refractivity contribution in [2.24, 2.45) is 11.7 Å². The highest BCUT2D eigenvalue weighted by molar-refractivity contribution is 8.00. The minimum atomic E-state index is -0.898. The number of imide groups is 1. The number of nitrogens with two attached hydrogens (primary N) is 2. The molecule has 2 aromatic rings. The highest BCUT2D eigenvalue weighted by Crippen LogP contribution is 2.29. The Balaban J connectivity index is 2.21. The topological polar surface area (TPSA) is 138 Å². The molecule has 1 aromatic heterocycles. The summed E-state index contributed by atoms with van der Waals surface area (Å²) in [6.07, 6.45) is 0. The summed E-state index contributed by atoms with van der Waals surface area (Å²) >= 11 is 1.12. The van der Waals surface area contributed by atoms with Gasteiger partial charge in [0, 0.05) is 5.56 Å². The van der Waals surface area contributed by atoms with Crippen LogP contribution in [0, 0.1) is 5.92 Å². The molecule has 0 radical (unpaired) electrons. The number of carbonyl (C=O) groups excluding carboxylic acids is 2. The van der Waals surface area contributed by atoms with Crippen molar-refractivity contribution >= 4 is 23.7 Å². The van der Waals surface area contributed by atoms with E-state index in [4.69, 9.17) is 16.3 Å². The van der Waals surface area contributed by atoms with Crippen molar-refractivity contribution in [3.05, 3.63) is 24.3 Å². The monoisotopic (exact) mass is 378 g/mol. The van der Waals surface area contributed by atoms with Crippen molar-refractivity contribution in [2.75, 3.05) is 12.4 Å². The first-order valence-electron chi connectivity index (χ1n) is 8.04. The number of thioether (sulfide) groups is 1. The number of nitrogens with one attached hydrogen (secondary N) is 1. The molecule has 0 fully saturated rings. The lowest BCUT2D eigenvalue weighted by atomic mass is 10.1. The smallest absolute Gasteiger partial charge is 0.318 e. The minimum Gasteiger partial charge on any atom is -0.494 e. The summed E-state index contributed by atoms with van der Waals surface area (Å²) in [5, 5.41) is 10.0. The van der Waals surface area contributed by atoms with Gasteiger partial charge in [0.2, 0.25) is 11.1 Å². The molecule has 1 atom stereocenters. The number of urea groups is 1. The van der Waals surface area contributed by atoms with Crippen LogP contribution in [0.25, 0.3) is 11.4 Å². The summed E-state index contributed by atoms with van der Waals surface area (Å²) in [7, 11) is 0. The molecule has 0 aliphatic rings. The molecule has 10 heteroatoms. The van der Waals surface area contributed by atoms with E-state index in [1.807, 2.05) is 45.0 Å². The van der Waals surface area contributed by atoms with Gasteiger partial charge in [-0.3, -0.25) is 10.1 Å². The number of ether oxygens (including phenoxy) is 1. The van der Waals surface area contributed by atoms with E-state index in [0.717, 1.165) is 23.1 Å². The van der Waals surface area contributed by atoms with Gasteiger partial charge in [0.1, 0.15) is 5.75 Å². The summed E-state index contributed by atoms with van der Waals surface area (Å²) < 4.78 is 6.72. The molecule has 0 spiro atoms. The molecule has 0 aliphatic carbocycles. The first-order valence-corrected chi connectivity index (χ1v) is 8.92. The summed E-state index contributed by atoms with van der Waals surface area (Å²) in [5.74, 6) is 6.72. The second kappa shape index (κ2) is 8.56. The number of hydrogen-bond acceptors (Lipinski definition) is 7. The van der Waals surface area contributed by atoms with E-state index in [-0.39, 0.29) is 5.92 Å². The molecule has 1 aromatic carbocycles. The van der Waals surface area contributed by atoms with Gasteiger partial charge in [-0.05, 0) is 37.1 Å². The van der Waals surface area contributed by atoms with Gasteiger partial charge in [0.15, 0.2) is 5.82 Å². The van der Waals surface area contributed by atoms with Crippen molar-refractivity contribution in [2.45, 2.75) is 31.2 Å². The van der Waals surface area contributed by atoms with Gasteiger partial charge in [-0.2, -0.15) is 0 Å². The number of carbonyl (C=O) groups is 2. The number of hydrogen-bond donors (Lipinski definition) is 3. The van der Waals surface area contributed by atoms with E-state index < -0.39 is 17.2 Å². The van der Waals surface area contributed by atoms with E-state index >= 15 is 0 Å². The fraction of sp³-hybridized carbons (Fsp3) is 0.375. The Morgan fingerprint density at radius 1 is 1.27 bits per heavy atom. The van der Waals surface area contributed by atoms with Crippen LogP contribution in [0.3, 0.4) is 0 Å². The predicted octanol–water partition coefficient (Wildman–Crippen LogP) is 1.37. The number of amides is 3. The van der Waals surface area contributed by atoms with Gasteiger partial charge < -0.3 is 16.3 Å². The quantitative estimate of drug-likeness (QED) is 0.488. The molecule has 0 aliphatic heterocycles. The van der Waals surface area contributed by atoms with E-state index in [0.29, 0.717) is 17.6 Å². The third-order valence-electron chi connectivity index (χ3n) is 3.43. The average Bonchev–Trinajstić information content (AvgIpc) is 2.93. The van der Waals surface area contributed by atoms with E-state index in [2.05, 4.69) is 15.5 Å². The van der Waals surface area contributed by atoms with Crippen LogP contribution in [0.2, 0.25) is 0 Å². The molecule has 3 amide bonds. The standard InChI is InChI=1S/C16H22N6O3S/c1-4-25-11-7-5-10(6-8-11)13-20-21-16(22(13)18)26-12(9(2)3)14(23)19-15(17)24/h5-9,12H,4,18H2,1-3H3,(H3,17,19,23,24)/t12-/m1/s1. The first kappa shape index (κ1) is 19.6. The Morgan fingerprint density at radius 2 is 1.92 bits per heavy atom. The number of aromatic nitrogens is 3. The van der Waals surface area contributed by atoms with Crippen LogP contribution in [0.15, 0.2) is 29.4 Å². The molecule has 0 saturated heterocycles. The van der Waals surface area contributed by atoms with Crippen molar-refractivity contribution in [1.29, 1.82) is 0 Å². The molecule has 0 saturated carbocycles. The van der Waals surface area contributed by atoms with Crippen molar-refractivity contribution < 1.29 is 14.3 Å². The maximum Gasteiger partial charge on any atom is 0.318 e. The van der Waals surface area contributed by atoms with Crippen molar-refractivity contribution in [1.82, 2.24) is 20.2 Å². The second-order valence-corrected chi connectivity index (χ2v) is 6.88. The fourth-order valence-electron chi connectivity index (χ4n) is 2.22. The van der Waals surface area contributed by atoms with Crippen LogP contribution in [0.1, 0.15) is 20.8 Å². The highest BCUT2D eigenvalue weighted by Gasteiger charge is 2.27. The Morgan fingerprint density at radius 3 is 2.46 bits per heavy atom. The molecule has 5 N–H and O–H groups in total. The van der Waals surface area contributed by atoms with Crippen LogP contribution >= 0.6 is 11.8 Å². The maximum absolute atomic E-state index is 12.1. The normalized spacial score (nSPS) is 12.0. The van der Waals surface area contributed by atoms with Gasteiger partial charge in [0.25, 0.3) is 0 Å². The molecule has 0 unspecified atom stereocenters. The molecule has 9 nitrogen and oxygen atoms in total. The zero-order valence-electron chi connectivity index (χ0n) is 14.8. The number of primary amides is 1. The number of nitrogens with zero attached hydrogens (tertiary/aromatic N) is 3. The summed E-state index contributed by atoms with van der Waals surface area (Å²) in [6.45, 7) is 6.19. The van der Waals surface area contributed by atoms with E-state index in [1.54, 1.807) is 0 Å². The third-order valence-corrected chi connectivity index (χ3v) is 4.93. The van der Waals surface area contributed by atoms with Gasteiger partial charge in [-0.25, -0.2) is 9.47 Å². The molecule has 26 heavy (non-hydrogen) atoms. The van der Waals surface area contributed by atoms with Gasteiger partial charge >= 0.3 is 6.03 Å². The van der Waals surface area contributed by atoms with Crippen LogP contribution in [0.4, 0.5) is 4.79 Å². The molecular weight excluding hydrogens is 356 g/mol. The van der Waals surface area contributed by atoms with Gasteiger partial charge in [0.05, 0.1) is 11.9 Å². The minimum absolute atomic E-state index is 0.0787. The van der Waals surface area contributed by atoms with Crippen LogP contribution in [-0.4, -0.2) is 38.7 Å². The third kappa shape index (κ3) is 4.66. The van der Waals surface area contributed by atoms with E-state index in [9.17, 15) is 9.59 Å². The van der Waals surface area contributed by atoms with Gasteiger partial charge in [-0.1, -0.05) is 25.6 Å². The van der Waals surface area contributed by atoms with E-state index in [1.165, 1.54) is 4.68 Å². The Labute approximate surface area is 155 Å². The summed E-state index contributed by atoms with van der Waals surface area (Å²) in [5.41, 5.74) is 5.78. The molecular formula is C16H22N6O3S. The van der Waals surface area contributed by atoms with Crippen LogP contribution in [0.5, 0.6) is 5.75 Å². The Bertz CT molecular complexity index is 775. The molecule has 2 rings (SSSR count).